The van der Waals surface area contributed by atoms with Crippen LogP contribution in [0.3, 0.4) is 0 Å². The average molecular weight is 441 g/mol. The van der Waals surface area contributed by atoms with Gasteiger partial charge >= 0.3 is 0 Å². The monoisotopic (exact) mass is 440 g/mol. The molecule has 0 saturated heterocycles. The topological polar surface area (TPSA) is 47.3 Å². The van der Waals surface area contributed by atoms with Crippen LogP contribution in [-0.2, 0) is 4.74 Å². The van der Waals surface area contributed by atoms with Gasteiger partial charge in [-0.1, -0.05) is 116 Å². The smallest absolute Gasteiger partial charge is 0.0466 e. The molecule has 3 heteroatoms. The summed E-state index contributed by atoms with van der Waals surface area (Å²) in [7, 11) is 0. The molecule has 0 rings (SSSR count). The lowest BCUT2D eigenvalue weighted by Crippen LogP contribution is -2.18. The quantitative estimate of drug-likeness (QED) is 0.121. The summed E-state index contributed by atoms with van der Waals surface area (Å²) in [5, 5.41) is 3.47. The van der Waals surface area contributed by atoms with Gasteiger partial charge in [0, 0.05) is 13.2 Å². The van der Waals surface area contributed by atoms with Crippen molar-refractivity contribution < 1.29 is 4.74 Å². The van der Waals surface area contributed by atoms with Gasteiger partial charge in [0.25, 0.3) is 0 Å². The Morgan fingerprint density at radius 3 is 1.23 bits per heavy atom. The van der Waals surface area contributed by atoms with Crippen molar-refractivity contribution >= 4 is 0 Å². The summed E-state index contributed by atoms with van der Waals surface area (Å²) in [6, 6.07) is 0. The summed E-state index contributed by atoms with van der Waals surface area (Å²) in [5.41, 5.74) is 5.49. The van der Waals surface area contributed by atoms with E-state index < -0.39 is 0 Å². The fourth-order valence-corrected chi connectivity index (χ4v) is 4.18. The van der Waals surface area contributed by atoms with E-state index in [0.717, 1.165) is 39.3 Å². The fraction of sp³-hybridized carbons (Fsp3) is 1.00. The predicted molar refractivity (Wildman–Crippen MR) is 140 cm³/mol. The third-order valence-electron chi connectivity index (χ3n) is 6.34. The second-order valence-corrected chi connectivity index (χ2v) is 9.58. The van der Waals surface area contributed by atoms with Crippen LogP contribution in [0.15, 0.2) is 0 Å². The molecular weight excluding hydrogens is 380 g/mol. The van der Waals surface area contributed by atoms with Crippen LogP contribution in [0.25, 0.3) is 0 Å². The second-order valence-electron chi connectivity index (χ2n) is 9.58. The number of nitrogens with two attached hydrogens (primary N) is 1. The van der Waals surface area contributed by atoms with Crippen molar-refractivity contribution in [3.63, 3.8) is 0 Å². The standard InChI is InChI=1S/C28H60N2O/c1-2-3-4-5-6-7-8-9-10-11-12-13-14-15-16-17-18-22-27-31-28-23-21-26-30-25-20-19-24-29/h30H,2-29H2,1H3. The van der Waals surface area contributed by atoms with Gasteiger partial charge in [-0.15, -0.1) is 0 Å². The van der Waals surface area contributed by atoms with Gasteiger partial charge in [-0.3, -0.25) is 0 Å². The summed E-state index contributed by atoms with van der Waals surface area (Å²) in [5.74, 6) is 0. The molecule has 0 aromatic carbocycles. The molecule has 3 nitrogen and oxygen atoms in total. The molecule has 0 aliphatic heterocycles. The number of rotatable bonds is 28. The molecule has 188 valence electrons. The average Bonchev–Trinajstić information content (AvgIpc) is 2.78. The van der Waals surface area contributed by atoms with Gasteiger partial charge < -0.3 is 15.8 Å². The van der Waals surface area contributed by atoms with E-state index in [1.165, 1.54) is 135 Å². The highest BCUT2D eigenvalue weighted by atomic mass is 16.5. The maximum atomic E-state index is 5.76. The first-order valence-corrected chi connectivity index (χ1v) is 14.4. The molecule has 0 unspecified atom stereocenters. The molecule has 0 heterocycles. The minimum absolute atomic E-state index is 0.814. The molecular formula is C28H60N2O. The van der Waals surface area contributed by atoms with Crippen molar-refractivity contribution in [2.75, 3.05) is 32.8 Å². The van der Waals surface area contributed by atoms with Gasteiger partial charge in [0.1, 0.15) is 0 Å². The van der Waals surface area contributed by atoms with Crippen LogP contribution >= 0.6 is 0 Å². The Labute approximate surface area is 197 Å². The molecule has 0 atom stereocenters. The van der Waals surface area contributed by atoms with Gasteiger partial charge in [-0.2, -0.15) is 0 Å². The van der Waals surface area contributed by atoms with Gasteiger partial charge in [0.15, 0.2) is 0 Å². The van der Waals surface area contributed by atoms with Crippen molar-refractivity contribution in [3.8, 4) is 0 Å². The number of unbranched alkanes of at least 4 members (excludes halogenated alkanes) is 19. The Morgan fingerprint density at radius 2 is 0.806 bits per heavy atom. The summed E-state index contributed by atoms with van der Waals surface area (Å²) in [6.45, 7) is 7.23. The highest BCUT2D eigenvalue weighted by Gasteiger charge is 1.96. The highest BCUT2D eigenvalue weighted by Crippen LogP contribution is 2.14. The van der Waals surface area contributed by atoms with Gasteiger partial charge in [0.2, 0.25) is 0 Å². The molecule has 0 aliphatic carbocycles. The Kier molecular flexibility index (Phi) is 29.8. The van der Waals surface area contributed by atoms with E-state index in [1.54, 1.807) is 0 Å². The third kappa shape index (κ3) is 29.9. The Hall–Kier alpha value is -0.120. The van der Waals surface area contributed by atoms with Crippen LogP contribution in [0.5, 0.6) is 0 Å². The molecule has 0 aromatic rings. The van der Waals surface area contributed by atoms with Gasteiger partial charge in [0.05, 0.1) is 0 Å². The highest BCUT2D eigenvalue weighted by molar-refractivity contribution is 4.52. The van der Waals surface area contributed by atoms with Crippen molar-refractivity contribution in [1.82, 2.24) is 5.32 Å². The number of hydrogen-bond donors (Lipinski definition) is 2. The van der Waals surface area contributed by atoms with Crippen LogP contribution in [0.2, 0.25) is 0 Å². The van der Waals surface area contributed by atoms with E-state index in [4.69, 9.17) is 10.5 Å². The molecule has 31 heavy (non-hydrogen) atoms. The van der Waals surface area contributed by atoms with Crippen LogP contribution in [-0.4, -0.2) is 32.8 Å². The molecule has 0 amide bonds. The Morgan fingerprint density at radius 1 is 0.452 bits per heavy atom. The zero-order chi connectivity index (χ0) is 22.5. The Balaban J connectivity index is 2.98. The van der Waals surface area contributed by atoms with E-state index in [-0.39, 0.29) is 0 Å². The SMILES string of the molecule is CCCCCCCCCCCCCCCCCCCCOCCCCNCCCCN. The third-order valence-corrected chi connectivity index (χ3v) is 6.34. The van der Waals surface area contributed by atoms with Crippen molar-refractivity contribution in [1.29, 1.82) is 0 Å². The van der Waals surface area contributed by atoms with E-state index in [9.17, 15) is 0 Å². The normalized spacial score (nSPS) is 11.4. The lowest BCUT2D eigenvalue weighted by atomic mass is 10.0. The molecule has 0 aromatic heterocycles. The molecule has 0 fully saturated rings. The molecule has 0 aliphatic rings. The van der Waals surface area contributed by atoms with Crippen molar-refractivity contribution in [2.45, 2.75) is 148 Å². The van der Waals surface area contributed by atoms with E-state index in [2.05, 4.69) is 12.2 Å². The minimum Gasteiger partial charge on any atom is -0.381 e. The van der Waals surface area contributed by atoms with E-state index >= 15 is 0 Å². The summed E-state index contributed by atoms with van der Waals surface area (Å²) in [4.78, 5) is 0. The lowest BCUT2D eigenvalue weighted by Gasteiger charge is -2.06. The minimum atomic E-state index is 0.814. The van der Waals surface area contributed by atoms with Gasteiger partial charge in [-0.05, 0) is 51.7 Å². The first-order chi connectivity index (χ1) is 15.4. The van der Waals surface area contributed by atoms with Gasteiger partial charge in [-0.25, -0.2) is 0 Å². The molecule has 0 saturated carbocycles. The van der Waals surface area contributed by atoms with Crippen LogP contribution in [0, 0.1) is 0 Å². The number of hydrogen-bond acceptors (Lipinski definition) is 3. The lowest BCUT2D eigenvalue weighted by molar-refractivity contribution is 0.126. The summed E-state index contributed by atoms with van der Waals surface area (Å²) < 4.78 is 5.76. The maximum Gasteiger partial charge on any atom is 0.0466 e. The van der Waals surface area contributed by atoms with Crippen molar-refractivity contribution in [2.24, 2.45) is 5.73 Å². The summed E-state index contributed by atoms with van der Waals surface area (Å²) in [6.07, 6.45) is 30.5. The molecule has 0 spiro atoms. The van der Waals surface area contributed by atoms with Crippen LogP contribution in [0.1, 0.15) is 148 Å². The first-order valence-electron chi connectivity index (χ1n) is 14.4. The zero-order valence-electron chi connectivity index (χ0n) is 21.6. The molecule has 3 N–H and O–H groups in total. The first kappa shape index (κ1) is 30.9. The molecule has 0 bridgehead atoms. The van der Waals surface area contributed by atoms with E-state index in [0.29, 0.717) is 0 Å². The zero-order valence-corrected chi connectivity index (χ0v) is 21.6. The van der Waals surface area contributed by atoms with E-state index in [1.807, 2.05) is 0 Å². The van der Waals surface area contributed by atoms with Crippen LogP contribution < -0.4 is 11.1 Å². The fourth-order valence-electron chi connectivity index (χ4n) is 4.18. The number of nitrogens with one attached hydrogen (secondary N) is 1. The van der Waals surface area contributed by atoms with Crippen molar-refractivity contribution in [3.05, 3.63) is 0 Å². The maximum absolute atomic E-state index is 5.76. The molecule has 0 radical (unpaired) electrons. The second kappa shape index (κ2) is 29.9. The number of ether oxygens (including phenoxy) is 1. The summed E-state index contributed by atoms with van der Waals surface area (Å²) >= 11 is 0. The van der Waals surface area contributed by atoms with Crippen LogP contribution in [0.4, 0.5) is 0 Å². The largest absolute Gasteiger partial charge is 0.381 e. The predicted octanol–water partition coefficient (Wildman–Crippen LogP) is 8.15. The Bertz CT molecular complexity index is 271.